The van der Waals surface area contributed by atoms with Crippen LogP contribution >= 0.6 is 0 Å². The van der Waals surface area contributed by atoms with Gasteiger partial charge in [0.1, 0.15) is 11.6 Å². The van der Waals surface area contributed by atoms with Crippen molar-refractivity contribution in [2.45, 2.75) is 13.5 Å². The Kier molecular flexibility index (Phi) is 5.82. The normalized spacial score (nSPS) is 10.4. The van der Waals surface area contributed by atoms with Gasteiger partial charge in [-0.3, -0.25) is 0 Å². The van der Waals surface area contributed by atoms with E-state index in [0.717, 1.165) is 6.54 Å². The summed E-state index contributed by atoms with van der Waals surface area (Å²) in [5.41, 5.74) is 0.636. The Morgan fingerprint density at radius 1 is 1.38 bits per heavy atom. The highest BCUT2D eigenvalue weighted by Gasteiger charge is 2.02. The second kappa shape index (κ2) is 7.19. The summed E-state index contributed by atoms with van der Waals surface area (Å²) >= 11 is 0. The van der Waals surface area contributed by atoms with Crippen LogP contribution in [0.15, 0.2) is 18.2 Å². The number of halogens is 1. The molecule has 0 aliphatic heterocycles. The average molecular weight is 227 g/mol. The zero-order chi connectivity index (χ0) is 11.8. The Morgan fingerprint density at radius 2 is 2.19 bits per heavy atom. The van der Waals surface area contributed by atoms with Gasteiger partial charge in [-0.1, -0.05) is 6.07 Å². The molecule has 0 aliphatic rings. The summed E-state index contributed by atoms with van der Waals surface area (Å²) in [5, 5.41) is 3.11. The van der Waals surface area contributed by atoms with E-state index in [-0.39, 0.29) is 5.82 Å². The molecule has 0 saturated carbocycles. The summed E-state index contributed by atoms with van der Waals surface area (Å²) in [6.07, 6.45) is 0. The number of rotatable bonds is 7. The summed E-state index contributed by atoms with van der Waals surface area (Å²) in [7, 11) is 1.52. The minimum absolute atomic E-state index is 0.247. The van der Waals surface area contributed by atoms with E-state index < -0.39 is 0 Å². The molecule has 0 aromatic heterocycles. The van der Waals surface area contributed by atoms with Crippen LogP contribution in [0.3, 0.4) is 0 Å². The molecular formula is C12H18FNO2. The molecule has 0 atom stereocenters. The molecule has 1 aromatic rings. The van der Waals surface area contributed by atoms with Crippen molar-refractivity contribution in [1.29, 1.82) is 0 Å². The summed E-state index contributed by atoms with van der Waals surface area (Å²) in [6.45, 7) is 4.53. The molecule has 0 aliphatic carbocycles. The first-order valence-electron chi connectivity index (χ1n) is 5.38. The zero-order valence-electron chi connectivity index (χ0n) is 9.75. The average Bonchev–Trinajstić information content (AvgIpc) is 2.30. The molecule has 0 radical (unpaired) electrons. The highest BCUT2D eigenvalue weighted by atomic mass is 19.1. The number of hydrogen-bond acceptors (Lipinski definition) is 3. The van der Waals surface area contributed by atoms with E-state index >= 15 is 0 Å². The Bertz CT molecular complexity index is 318. The number of hydrogen-bond donors (Lipinski definition) is 1. The minimum Gasteiger partial charge on any atom is -0.497 e. The van der Waals surface area contributed by atoms with Gasteiger partial charge in [-0.15, -0.1) is 0 Å². The summed E-state index contributed by atoms with van der Waals surface area (Å²) < 4.78 is 23.6. The van der Waals surface area contributed by atoms with Gasteiger partial charge in [0.2, 0.25) is 0 Å². The van der Waals surface area contributed by atoms with Gasteiger partial charge in [-0.05, 0) is 13.0 Å². The largest absolute Gasteiger partial charge is 0.497 e. The maximum absolute atomic E-state index is 13.5. The standard InChI is InChI=1S/C12H18FNO2/c1-3-16-7-6-14-9-10-4-5-11(15-2)8-12(10)13/h4-5,8,14H,3,6-7,9H2,1-2H3. The molecule has 1 rings (SSSR count). The number of nitrogens with one attached hydrogen (secondary N) is 1. The van der Waals surface area contributed by atoms with E-state index in [4.69, 9.17) is 9.47 Å². The molecule has 3 nitrogen and oxygen atoms in total. The summed E-state index contributed by atoms with van der Waals surface area (Å²) in [6, 6.07) is 4.87. The van der Waals surface area contributed by atoms with Crippen LogP contribution < -0.4 is 10.1 Å². The topological polar surface area (TPSA) is 30.5 Å². The molecule has 0 saturated heterocycles. The van der Waals surface area contributed by atoms with E-state index in [1.807, 2.05) is 6.92 Å². The van der Waals surface area contributed by atoms with E-state index in [9.17, 15) is 4.39 Å². The maximum Gasteiger partial charge on any atom is 0.131 e. The fourth-order valence-electron chi connectivity index (χ4n) is 1.31. The van der Waals surface area contributed by atoms with E-state index in [1.165, 1.54) is 13.2 Å². The first-order chi connectivity index (χ1) is 7.77. The number of benzene rings is 1. The fourth-order valence-corrected chi connectivity index (χ4v) is 1.31. The predicted molar refractivity (Wildman–Crippen MR) is 61.2 cm³/mol. The Morgan fingerprint density at radius 3 is 2.81 bits per heavy atom. The van der Waals surface area contributed by atoms with Gasteiger partial charge in [0, 0.05) is 31.3 Å². The minimum atomic E-state index is -0.247. The lowest BCUT2D eigenvalue weighted by atomic mass is 10.2. The molecule has 0 unspecified atom stereocenters. The second-order valence-electron chi connectivity index (χ2n) is 3.33. The fraction of sp³-hybridized carbons (Fsp3) is 0.500. The molecular weight excluding hydrogens is 209 g/mol. The number of ether oxygens (including phenoxy) is 2. The number of methoxy groups -OCH3 is 1. The Hall–Kier alpha value is -1.13. The molecule has 1 N–H and O–H groups in total. The van der Waals surface area contributed by atoms with Gasteiger partial charge in [-0.2, -0.15) is 0 Å². The van der Waals surface area contributed by atoms with E-state index in [2.05, 4.69) is 5.32 Å². The zero-order valence-corrected chi connectivity index (χ0v) is 9.75. The van der Waals surface area contributed by atoms with Crippen LogP contribution in [0.1, 0.15) is 12.5 Å². The second-order valence-corrected chi connectivity index (χ2v) is 3.33. The van der Waals surface area contributed by atoms with Crippen LogP contribution in [0, 0.1) is 5.82 Å². The van der Waals surface area contributed by atoms with Gasteiger partial charge in [-0.25, -0.2) is 4.39 Å². The van der Waals surface area contributed by atoms with Crippen LogP contribution in [-0.2, 0) is 11.3 Å². The van der Waals surface area contributed by atoms with E-state index in [1.54, 1.807) is 12.1 Å². The third-order valence-electron chi connectivity index (χ3n) is 2.20. The highest BCUT2D eigenvalue weighted by molar-refractivity contribution is 5.28. The lowest BCUT2D eigenvalue weighted by Gasteiger charge is -2.07. The first-order valence-corrected chi connectivity index (χ1v) is 5.38. The van der Waals surface area contributed by atoms with Gasteiger partial charge >= 0.3 is 0 Å². The van der Waals surface area contributed by atoms with Crippen molar-refractivity contribution in [3.63, 3.8) is 0 Å². The Labute approximate surface area is 95.6 Å². The predicted octanol–water partition coefficient (Wildman–Crippen LogP) is 1.96. The van der Waals surface area contributed by atoms with Crippen LogP contribution in [0.5, 0.6) is 5.75 Å². The molecule has 0 bridgehead atoms. The van der Waals surface area contributed by atoms with Crippen molar-refractivity contribution in [2.24, 2.45) is 0 Å². The lowest BCUT2D eigenvalue weighted by molar-refractivity contribution is 0.149. The molecule has 0 fully saturated rings. The van der Waals surface area contributed by atoms with Crippen molar-refractivity contribution >= 4 is 0 Å². The summed E-state index contributed by atoms with van der Waals surface area (Å²) in [4.78, 5) is 0. The van der Waals surface area contributed by atoms with Crippen molar-refractivity contribution in [3.8, 4) is 5.75 Å². The summed E-state index contributed by atoms with van der Waals surface area (Å²) in [5.74, 6) is 0.291. The van der Waals surface area contributed by atoms with E-state index in [0.29, 0.717) is 31.1 Å². The van der Waals surface area contributed by atoms with Crippen molar-refractivity contribution < 1.29 is 13.9 Å². The molecule has 4 heteroatoms. The SMILES string of the molecule is CCOCCNCc1ccc(OC)cc1F. The quantitative estimate of drug-likeness (QED) is 0.722. The highest BCUT2D eigenvalue weighted by Crippen LogP contribution is 2.15. The van der Waals surface area contributed by atoms with Crippen molar-refractivity contribution in [2.75, 3.05) is 26.9 Å². The van der Waals surface area contributed by atoms with Crippen LogP contribution in [0.2, 0.25) is 0 Å². The molecule has 0 heterocycles. The molecule has 90 valence electrons. The molecule has 16 heavy (non-hydrogen) atoms. The van der Waals surface area contributed by atoms with Gasteiger partial charge in [0.25, 0.3) is 0 Å². The smallest absolute Gasteiger partial charge is 0.131 e. The third-order valence-corrected chi connectivity index (χ3v) is 2.20. The van der Waals surface area contributed by atoms with Gasteiger partial charge < -0.3 is 14.8 Å². The van der Waals surface area contributed by atoms with Gasteiger partial charge in [0.15, 0.2) is 0 Å². The molecule has 1 aromatic carbocycles. The van der Waals surface area contributed by atoms with Crippen molar-refractivity contribution in [3.05, 3.63) is 29.6 Å². The lowest BCUT2D eigenvalue weighted by Crippen LogP contribution is -2.19. The van der Waals surface area contributed by atoms with Crippen LogP contribution in [0.4, 0.5) is 4.39 Å². The Balaban J connectivity index is 2.36. The monoisotopic (exact) mass is 227 g/mol. The van der Waals surface area contributed by atoms with Crippen LogP contribution in [-0.4, -0.2) is 26.9 Å². The molecule has 0 amide bonds. The van der Waals surface area contributed by atoms with Crippen LogP contribution in [0.25, 0.3) is 0 Å². The molecule has 0 spiro atoms. The maximum atomic E-state index is 13.5. The van der Waals surface area contributed by atoms with Gasteiger partial charge in [0.05, 0.1) is 13.7 Å². The first kappa shape index (κ1) is 12.9. The third kappa shape index (κ3) is 4.16. The van der Waals surface area contributed by atoms with Crippen molar-refractivity contribution in [1.82, 2.24) is 5.32 Å².